The third-order valence-electron chi connectivity index (χ3n) is 2.44. The molecule has 1 aromatic carbocycles. The molecule has 0 aliphatic heterocycles. The fourth-order valence-electron chi connectivity index (χ4n) is 1.55. The topological polar surface area (TPSA) is 80.4 Å². The van der Waals surface area contributed by atoms with Gasteiger partial charge in [-0.2, -0.15) is 9.61 Å². The third kappa shape index (κ3) is 1.65. The van der Waals surface area contributed by atoms with E-state index in [0.717, 1.165) is 5.56 Å². The summed E-state index contributed by atoms with van der Waals surface area (Å²) in [5.74, 6) is 0.154. The lowest BCUT2D eigenvalue weighted by Gasteiger charge is -1.95. The Balaban J connectivity index is 2.26. The Labute approximate surface area is 105 Å². The summed E-state index contributed by atoms with van der Waals surface area (Å²) in [5.41, 5.74) is 0.769. The molecule has 1 N–H and O–H groups in total. The van der Waals surface area contributed by atoms with Crippen molar-refractivity contribution in [3.8, 4) is 16.3 Å². The molecule has 18 heavy (non-hydrogen) atoms. The van der Waals surface area contributed by atoms with Crippen molar-refractivity contribution in [2.45, 2.75) is 6.92 Å². The molecule has 0 spiro atoms. The highest BCUT2D eigenvalue weighted by atomic mass is 32.1. The zero-order valence-corrected chi connectivity index (χ0v) is 10.2. The minimum absolute atomic E-state index is 0.154. The van der Waals surface area contributed by atoms with Crippen molar-refractivity contribution in [2.24, 2.45) is 0 Å². The van der Waals surface area contributed by atoms with Crippen LogP contribution in [0, 0.1) is 6.92 Å². The summed E-state index contributed by atoms with van der Waals surface area (Å²) in [4.78, 5) is 12.2. The van der Waals surface area contributed by atoms with Crippen LogP contribution in [-0.2, 0) is 0 Å². The van der Waals surface area contributed by atoms with Crippen LogP contribution in [0.1, 0.15) is 5.69 Å². The van der Waals surface area contributed by atoms with Gasteiger partial charge in [0, 0.05) is 5.56 Å². The number of fused-ring (bicyclic) bond motifs is 1. The van der Waals surface area contributed by atoms with Gasteiger partial charge in [0.1, 0.15) is 16.5 Å². The number of hydrogen-bond acceptors (Lipinski definition) is 6. The van der Waals surface area contributed by atoms with E-state index in [1.54, 1.807) is 25.1 Å². The molecule has 0 fully saturated rings. The van der Waals surface area contributed by atoms with Gasteiger partial charge in [-0.1, -0.05) is 23.5 Å². The van der Waals surface area contributed by atoms with Gasteiger partial charge in [0.25, 0.3) is 5.56 Å². The van der Waals surface area contributed by atoms with Crippen molar-refractivity contribution in [1.29, 1.82) is 0 Å². The second kappa shape index (κ2) is 3.88. The Kier molecular flexibility index (Phi) is 2.34. The lowest BCUT2D eigenvalue weighted by atomic mass is 10.2. The van der Waals surface area contributed by atoms with Crippen molar-refractivity contribution in [2.75, 3.05) is 0 Å². The van der Waals surface area contributed by atoms with Crippen LogP contribution >= 0.6 is 11.3 Å². The summed E-state index contributed by atoms with van der Waals surface area (Å²) in [6, 6.07) is 6.69. The Morgan fingerprint density at radius 3 is 2.94 bits per heavy atom. The molecule has 0 aliphatic carbocycles. The molecule has 0 atom stereocenters. The first-order valence-electron chi connectivity index (χ1n) is 5.18. The molecular weight excluding hydrogens is 252 g/mol. The molecule has 0 saturated heterocycles. The fourth-order valence-corrected chi connectivity index (χ4v) is 2.38. The average Bonchev–Trinajstić information content (AvgIpc) is 2.79. The van der Waals surface area contributed by atoms with E-state index in [1.165, 1.54) is 15.9 Å². The molecule has 0 aliphatic rings. The van der Waals surface area contributed by atoms with Gasteiger partial charge in [0.2, 0.25) is 4.96 Å². The monoisotopic (exact) mass is 260 g/mol. The number of benzene rings is 1. The molecule has 2 heterocycles. The number of aryl methyl sites for hydroxylation is 1. The number of phenolic OH excluding ortho intramolecular Hbond substituents is 1. The minimum Gasteiger partial charge on any atom is -0.508 e. The van der Waals surface area contributed by atoms with E-state index < -0.39 is 0 Å². The number of aromatic hydroxyl groups is 1. The number of nitrogens with zero attached hydrogens (tertiary/aromatic N) is 4. The van der Waals surface area contributed by atoms with Gasteiger partial charge in [-0.3, -0.25) is 4.79 Å². The third-order valence-corrected chi connectivity index (χ3v) is 3.39. The summed E-state index contributed by atoms with van der Waals surface area (Å²) in [5, 5.41) is 21.9. The van der Waals surface area contributed by atoms with Crippen molar-refractivity contribution in [1.82, 2.24) is 19.8 Å². The number of hydrogen-bond donors (Lipinski definition) is 1. The molecule has 6 nitrogen and oxygen atoms in total. The van der Waals surface area contributed by atoms with Gasteiger partial charge in [-0.15, -0.1) is 10.2 Å². The van der Waals surface area contributed by atoms with Crippen LogP contribution in [0.2, 0.25) is 0 Å². The lowest BCUT2D eigenvalue weighted by Crippen LogP contribution is -2.19. The van der Waals surface area contributed by atoms with Crippen molar-refractivity contribution < 1.29 is 5.11 Å². The van der Waals surface area contributed by atoms with Crippen LogP contribution < -0.4 is 5.56 Å². The SMILES string of the molecule is Cc1nnc2sc(-c3cccc(O)c3)nn2c1=O. The van der Waals surface area contributed by atoms with E-state index >= 15 is 0 Å². The van der Waals surface area contributed by atoms with E-state index in [4.69, 9.17) is 0 Å². The van der Waals surface area contributed by atoms with Crippen LogP contribution in [0.4, 0.5) is 0 Å². The van der Waals surface area contributed by atoms with E-state index in [1.807, 2.05) is 6.07 Å². The molecule has 0 amide bonds. The second-order valence-electron chi connectivity index (χ2n) is 3.74. The molecule has 7 heteroatoms. The average molecular weight is 260 g/mol. The predicted molar refractivity (Wildman–Crippen MR) is 66.8 cm³/mol. The van der Waals surface area contributed by atoms with Gasteiger partial charge >= 0.3 is 0 Å². The minimum atomic E-state index is -0.275. The van der Waals surface area contributed by atoms with Crippen LogP contribution in [0.3, 0.4) is 0 Å². The molecule has 0 radical (unpaired) electrons. The maximum absolute atomic E-state index is 11.8. The molecule has 0 unspecified atom stereocenters. The van der Waals surface area contributed by atoms with Gasteiger partial charge < -0.3 is 5.11 Å². The van der Waals surface area contributed by atoms with Crippen LogP contribution in [0.15, 0.2) is 29.1 Å². The number of rotatable bonds is 1. The fraction of sp³-hybridized carbons (Fsp3) is 0.0909. The summed E-state index contributed by atoms with van der Waals surface area (Å²) >= 11 is 1.25. The number of phenols is 1. The Morgan fingerprint density at radius 2 is 2.17 bits per heavy atom. The summed E-state index contributed by atoms with van der Waals surface area (Å²) in [7, 11) is 0. The molecule has 3 aromatic rings. The maximum Gasteiger partial charge on any atom is 0.296 e. The second-order valence-corrected chi connectivity index (χ2v) is 4.70. The Bertz CT molecular complexity index is 793. The van der Waals surface area contributed by atoms with E-state index in [2.05, 4.69) is 15.3 Å². The smallest absolute Gasteiger partial charge is 0.296 e. The van der Waals surface area contributed by atoms with Gasteiger partial charge in [-0.25, -0.2) is 0 Å². The summed E-state index contributed by atoms with van der Waals surface area (Å²) in [6.07, 6.45) is 0. The number of aromatic nitrogens is 4. The Morgan fingerprint density at radius 1 is 1.33 bits per heavy atom. The van der Waals surface area contributed by atoms with Gasteiger partial charge in [0.15, 0.2) is 0 Å². The lowest BCUT2D eigenvalue weighted by molar-refractivity contribution is 0.475. The highest BCUT2D eigenvalue weighted by Crippen LogP contribution is 2.26. The van der Waals surface area contributed by atoms with Crippen LogP contribution in [0.5, 0.6) is 5.75 Å². The molecule has 2 aromatic heterocycles. The normalized spacial score (nSPS) is 10.9. The zero-order valence-electron chi connectivity index (χ0n) is 9.36. The van der Waals surface area contributed by atoms with E-state index in [-0.39, 0.29) is 11.3 Å². The molecule has 90 valence electrons. The first-order valence-corrected chi connectivity index (χ1v) is 5.99. The first kappa shape index (κ1) is 10.8. The maximum atomic E-state index is 11.8. The standard InChI is InChI=1S/C11H8N4O2S/c1-6-10(17)15-11(13-12-6)18-9(14-15)7-3-2-4-8(16)5-7/h2-5,16H,1H3. The van der Waals surface area contributed by atoms with E-state index in [0.29, 0.717) is 15.7 Å². The first-order chi connectivity index (χ1) is 8.65. The van der Waals surface area contributed by atoms with Crippen molar-refractivity contribution in [3.63, 3.8) is 0 Å². The van der Waals surface area contributed by atoms with Crippen molar-refractivity contribution in [3.05, 3.63) is 40.3 Å². The molecule has 0 bridgehead atoms. The van der Waals surface area contributed by atoms with E-state index in [9.17, 15) is 9.90 Å². The highest BCUT2D eigenvalue weighted by Gasteiger charge is 2.11. The summed E-state index contributed by atoms with van der Waals surface area (Å²) < 4.78 is 1.23. The molecule has 0 saturated carbocycles. The highest BCUT2D eigenvalue weighted by molar-refractivity contribution is 7.19. The zero-order chi connectivity index (χ0) is 12.7. The quantitative estimate of drug-likeness (QED) is 0.711. The van der Waals surface area contributed by atoms with Crippen LogP contribution in [-0.4, -0.2) is 24.9 Å². The van der Waals surface area contributed by atoms with Gasteiger partial charge in [0.05, 0.1) is 0 Å². The Hall–Kier alpha value is -2.28. The van der Waals surface area contributed by atoms with Crippen LogP contribution in [0.25, 0.3) is 15.5 Å². The van der Waals surface area contributed by atoms with Crippen molar-refractivity contribution >= 4 is 16.3 Å². The van der Waals surface area contributed by atoms with Gasteiger partial charge in [-0.05, 0) is 19.1 Å². The molecular formula is C11H8N4O2S. The predicted octanol–water partition coefficient (Wildman–Crippen LogP) is 1.23. The largest absolute Gasteiger partial charge is 0.508 e. The summed E-state index contributed by atoms with van der Waals surface area (Å²) in [6.45, 7) is 1.59. The molecule has 3 rings (SSSR count).